The molecule has 0 spiro atoms. The lowest BCUT2D eigenvalue weighted by atomic mass is 10.1. The molecule has 4 atom stereocenters. The van der Waals surface area contributed by atoms with Gasteiger partial charge in [-0.15, -0.1) is 0 Å². The summed E-state index contributed by atoms with van der Waals surface area (Å²) in [5.41, 5.74) is 3.74. The molecule has 0 bridgehead atoms. The van der Waals surface area contributed by atoms with Crippen LogP contribution in [0, 0.1) is 5.92 Å². The quantitative estimate of drug-likeness (QED) is 0.466. The molecular formula is C29H34N4O7S. The van der Waals surface area contributed by atoms with E-state index in [0.717, 1.165) is 18.2 Å². The summed E-state index contributed by atoms with van der Waals surface area (Å²) >= 11 is 0. The molecule has 218 valence electrons. The fraction of sp³-hybridized carbons (Fsp3) is 0.448. The highest BCUT2D eigenvalue weighted by Gasteiger charge is 2.61. The van der Waals surface area contributed by atoms with Gasteiger partial charge in [0.2, 0.25) is 5.91 Å². The van der Waals surface area contributed by atoms with E-state index in [1.807, 2.05) is 24.3 Å². The maximum Gasteiger partial charge on any atom is 0.405 e. The first-order valence-corrected chi connectivity index (χ1v) is 15.4. The smallest absolute Gasteiger partial charge is 0.405 e. The van der Waals surface area contributed by atoms with Crippen LogP contribution in [-0.2, 0) is 29.1 Å². The van der Waals surface area contributed by atoms with Crippen molar-refractivity contribution in [2.75, 3.05) is 6.54 Å². The van der Waals surface area contributed by atoms with Crippen molar-refractivity contribution >= 4 is 44.6 Å². The van der Waals surface area contributed by atoms with Crippen molar-refractivity contribution in [1.29, 1.82) is 0 Å². The van der Waals surface area contributed by atoms with Gasteiger partial charge in [0.15, 0.2) is 6.10 Å². The van der Waals surface area contributed by atoms with Gasteiger partial charge in [-0.05, 0) is 67.9 Å². The van der Waals surface area contributed by atoms with E-state index in [1.165, 1.54) is 17.0 Å². The molecule has 2 aliphatic heterocycles. The van der Waals surface area contributed by atoms with E-state index in [-0.39, 0.29) is 24.3 Å². The van der Waals surface area contributed by atoms with Crippen molar-refractivity contribution in [3.63, 3.8) is 0 Å². The number of ether oxygens (including phenoxy) is 1. The zero-order valence-electron chi connectivity index (χ0n) is 22.6. The summed E-state index contributed by atoms with van der Waals surface area (Å²) in [6, 6.07) is 11.0. The van der Waals surface area contributed by atoms with Crippen LogP contribution in [0.4, 0.5) is 4.79 Å². The van der Waals surface area contributed by atoms with E-state index in [2.05, 4.69) is 10.0 Å². The van der Waals surface area contributed by atoms with Gasteiger partial charge in [0.1, 0.15) is 11.6 Å². The third-order valence-electron chi connectivity index (χ3n) is 8.10. The lowest BCUT2D eigenvalue weighted by Gasteiger charge is -2.29. The van der Waals surface area contributed by atoms with Crippen LogP contribution in [0.5, 0.6) is 0 Å². The van der Waals surface area contributed by atoms with Crippen LogP contribution >= 0.6 is 0 Å². The molecule has 11 nitrogen and oxygen atoms in total. The highest BCUT2D eigenvalue weighted by Crippen LogP contribution is 2.46. The largest absolute Gasteiger partial charge is 0.436 e. The monoisotopic (exact) mass is 582 g/mol. The molecule has 4 N–H and O–H groups in total. The molecule has 0 aromatic heterocycles. The molecule has 1 aliphatic carbocycles. The van der Waals surface area contributed by atoms with Crippen LogP contribution in [0.2, 0.25) is 0 Å². The van der Waals surface area contributed by atoms with Gasteiger partial charge in [-0.3, -0.25) is 14.4 Å². The Balaban J connectivity index is 1.39. The summed E-state index contributed by atoms with van der Waals surface area (Å²) in [7, 11) is -4.24. The van der Waals surface area contributed by atoms with Crippen molar-refractivity contribution in [1.82, 2.24) is 14.9 Å². The van der Waals surface area contributed by atoms with Gasteiger partial charge >= 0.3 is 6.09 Å². The first-order valence-electron chi connectivity index (χ1n) is 13.9. The molecule has 41 heavy (non-hydrogen) atoms. The fourth-order valence-corrected chi connectivity index (χ4v) is 6.86. The Morgan fingerprint density at radius 2 is 1.80 bits per heavy atom. The zero-order chi connectivity index (χ0) is 29.2. The summed E-state index contributed by atoms with van der Waals surface area (Å²) in [6.45, 7) is 0.286. The molecule has 4 unspecified atom stereocenters. The Morgan fingerprint density at radius 1 is 1.02 bits per heavy atom. The van der Waals surface area contributed by atoms with E-state index in [4.69, 9.17) is 10.5 Å². The number of allylic oxidation sites excluding steroid dienone is 1. The van der Waals surface area contributed by atoms with Crippen LogP contribution in [0.15, 0.2) is 59.5 Å². The zero-order valence-corrected chi connectivity index (χ0v) is 23.4. The lowest BCUT2D eigenvalue weighted by Crippen LogP contribution is -2.57. The number of nitrogens with one attached hydrogen (secondary N) is 2. The molecule has 2 fully saturated rings. The van der Waals surface area contributed by atoms with Gasteiger partial charge in [-0.25, -0.2) is 17.9 Å². The number of carbonyl (C=O) groups excluding carboxylic acids is 4. The average Bonchev–Trinajstić information content (AvgIpc) is 3.40. The number of amides is 4. The molecule has 2 aromatic carbocycles. The van der Waals surface area contributed by atoms with Crippen LogP contribution in [0.25, 0.3) is 10.8 Å². The highest BCUT2D eigenvalue weighted by molar-refractivity contribution is 7.90. The van der Waals surface area contributed by atoms with Crippen molar-refractivity contribution in [2.45, 2.75) is 73.9 Å². The van der Waals surface area contributed by atoms with Gasteiger partial charge in [0, 0.05) is 12.5 Å². The van der Waals surface area contributed by atoms with Crippen molar-refractivity contribution < 1.29 is 32.3 Å². The second-order valence-electron chi connectivity index (χ2n) is 10.9. The van der Waals surface area contributed by atoms with Crippen molar-refractivity contribution in [2.24, 2.45) is 11.7 Å². The van der Waals surface area contributed by atoms with Crippen LogP contribution in [-0.4, -0.2) is 61.4 Å². The topological polar surface area (TPSA) is 165 Å². The fourth-order valence-electron chi connectivity index (χ4n) is 5.78. The molecule has 3 aliphatic rings. The lowest BCUT2D eigenvalue weighted by molar-refractivity contribution is -0.146. The molecule has 2 aromatic rings. The summed E-state index contributed by atoms with van der Waals surface area (Å²) in [5, 5.41) is 4.36. The average molecular weight is 583 g/mol. The summed E-state index contributed by atoms with van der Waals surface area (Å²) in [4.78, 5) is 53.3. The predicted molar refractivity (Wildman–Crippen MR) is 150 cm³/mol. The van der Waals surface area contributed by atoms with E-state index in [1.54, 1.807) is 18.2 Å². The molecule has 1 saturated heterocycles. The van der Waals surface area contributed by atoms with Crippen molar-refractivity contribution in [3.8, 4) is 0 Å². The maximum absolute atomic E-state index is 13.6. The van der Waals surface area contributed by atoms with Gasteiger partial charge < -0.3 is 20.7 Å². The number of hydrogen-bond donors (Lipinski definition) is 3. The number of sulfonamides is 1. The number of nitrogens with two attached hydrogens (primary N) is 1. The molecular weight excluding hydrogens is 548 g/mol. The number of benzene rings is 2. The van der Waals surface area contributed by atoms with Gasteiger partial charge in [-0.2, -0.15) is 0 Å². The van der Waals surface area contributed by atoms with Crippen LogP contribution in [0.1, 0.15) is 51.4 Å². The van der Waals surface area contributed by atoms with E-state index >= 15 is 0 Å². The van der Waals surface area contributed by atoms with E-state index in [9.17, 15) is 27.6 Å². The Kier molecular flexibility index (Phi) is 8.03. The third kappa shape index (κ3) is 6.07. The van der Waals surface area contributed by atoms with Crippen LogP contribution < -0.4 is 15.8 Å². The highest BCUT2D eigenvalue weighted by atomic mass is 32.2. The van der Waals surface area contributed by atoms with Gasteiger partial charge in [-0.1, -0.05) is 48.9 Å². The minimum absolute atomic E-state index is 0.0646. The number of fused-ring (bicyclic) bond motifs is 3. The van der Waals surface area contributed by atoms with Gasteiger partial charge in [0.05, 0.1) is 4.90 Å². The summed E-state index contributed by atoms with van der Waals surface area (Å²) < 4.78 is 33.8. The Labute approximate surface area is 238 Å². The van der Waals surface area contributed by atoms with E-state index in [0.29, 0.717) is 31.1 Å². The first kappa shape index (κ1) is 28.6. The SMILES string of the molecule is NC(=O)OC1CCCCCC=CC2CC2(C(=O)NS(=O)(=O)c2ccc3ccccc3c2)NC(=O)C2CCCN2C1=O. The maximum atomic E-state index is 13.6. The summed E-state index contributed by atoms with van der Waals surface area (Å²) in [6.07, 6.45) is 5.93. The molecule has 12 heteroatoms. The molecule has 4 amide bonds. The Bertz CT molecular complexity index is 1510. The first-order chi connectivity index (χ1) is 19.6. The molecule has 1 saturated carbocycles. The number of rotatable bonds is 4. The minimum Gasteiger partial charge on any atom is -0.436 e. The Morgan fingerprint density at radius 3 is 2.59 bits per heavy atom. The number of primary amides is 1. The standard InChI is InChI=1S/C29H34N4O7S/c30-28(37)40-24-13-5-3-1-2-4-11-21-18-29(21,31-25(34)23-12-8-16-33(23)26(24)35)27(36)32-41(38,39)22-15-14-19-9-6-7-10-20(19)17-22/h4,6-7,9-11,14-15,17,21,23-24H,1-3,5,8,12-13,16,18H2,(H2,30,37)(H,31,34)(H,32,36). The molecule has 0 radical (unpaired) electrons. The molecule has 5 rings (SSSR count). The second kappa shape index (κ2) is 11.5. The van der Waals surface area contributed by atoms with Crippen LogP contribution in [0.3, 0.4) is 0 Å². The third-order valence-corrected chi connectivity index (χ3v) is 9.43. The summed E-state index contributed by atoms with van der Waals surface area (Å²) in [5.74, 6) is -2.29. The van der Waals surface area contributed by atoms with E-state index < -0.39 is 57.4 Å². The van der Waals surface area contributed by atoms with Crippen molar-refractivity contribution in [3.05, 3.63) is 54.6 Å². The number of nitrogens with zero attached hydrogens (tertiary/aromatic N) is 1. The predicted octanol–water partition coefficient (Wildman–Crippen LogP) is 2.49. The number of hydrogen-bond acceptors (Lipinski definition) is 7. The molecule has 2 heterocycles. The second-order valence-corrected chi connectivity index (χ2v) is 12.6. The minimum atomic E-state index is -4.24. The number of carbonyl (C=O) groups is 4. The Hall–Kier alpha value is -3.93. The van der Waals surface area contributed by atoms with Gasteiger partial charge in [0.25, 0.3) is 21.8 Å². The normalized spacial score (nSPS) is 27.1.